The maximum atomic E-state index is 11.6. The highest BCUT2D eigenvalue weighted by Gasteiger charge is 2.37. The van der Waals surface area contributed by atoms with Crippen molar-refractivity contribution in [2.75, 3.05) is 0 Å². The topological polar surface area (TPSA) is 223 Å². The molecule has 0 aliphatic heterocycles. The number of phenols is 11. The van der Waals surface area contributed by atoms with Crippen molar-refractivity contribution in [1.29, 1.82) is 0 Å². The van der Waals surface area contributed by atoms with Crippen molar-refractivity contribution >= 4 is 0 Å². The average Bonchev–Trinajstić information content (AvgIpc) is 3.09. The van der Waals surface area contributed by atoms with Gasteiger partial charge < -0.3 is 56.2 Å². The summed E-state index contributed by atoms with van der Waals surface area (Å²) in [5.74, 6) is -11.0. The number of hydrogen-bond acceptors (Lipinski definition) is 11. The van der Waals surface area contributed by atoms with E-state index in [1.54, 1.807) is 6.07 Å². The summed E-state index contributed by atoms with van der Waals surface area (Å²) in [5, 5.41) is 127. The van der Waals surface area contributed by atoms with Crippen LogP contribution in [0, 0.1) is 23.7 Å². The Morgan fingerprint density at radius 1 is 0.291 bits per heavy atom. The monoisotopic (exact) mass is 760 g/mol. The van der Waals surface area contributed by atoms with Gasteiger partial charge in [0.2, 0.25) is 17.2 Å². The highest BCUT2D eigenvalue weighted by Crippen LogP contribution is 2.58. The van der Waals surface area contributed by atoms with Gasteiger partial charge in [-0.25, -0.2) is 0 Å². The van der Waals surface area contributed by atoms with Crippen LogP contribution < -0.4 is 0 Å². The summed E-state index contributed by atoms with van der Waals surface area (Å²) in [7, 11) is 0. The van der Waals surface area contributed by atoms with Gasteiger partial charge in [0.1, 0.15) is 11.5 Å². The molecular weight excluding hydrogens is 704 g/mol. The molecule has 0 saturated heterocycles. The number of rotatable bonds is 8. The first kappa shape index (κ1) is 40.9. The zero-order chi connectivity index (χ0) is 41.0. The molecule has 1 aliphatic carbocycles. The third-order valence-electron chi connectivity index (χ3n) is 10.9. The molecule has 0 aromatic heterocycles. The average molecular weight is 761 g/mol. The fourth-order valence-corrected chi connectivity index (χ4v) is 8.40. The van der Waals surface area contributed by atoms with Gasteiger partial charge >= 0.3 is 0 Å². The van der Waals surface area contributed by atoms with E-state index in [2.05, 4.69) is 0 Å². The van der Waals surface area contributed by atoms with Crippen LogP contribution in [0.25, 0.3) is 0 Å². The largest absolute Gasteiger partial charge is 0.508 e. The van der Waals surface area contributed by atoms with Gasteiger partial charge in [0.25, 0.3) is 0 Å². The predicted molar refractivity (Wildman–Crippen MR) is 209 cm³/mol. The van der Waals surface area contributed by atoms with E-state index in [1.165, 1.54) is 24.3 Å². The molecule has 4 aromatic rings. The van der Waals surface area contributed by atoms with Crippen LogP contribution >= 0.6 is 0 Å². The van der Waals surface area contributed by atoms with Gasteiger partial charge in [0, 0.05) is 74.2 Å². The maximum absolute atomic E-state index is 11.6. The van der Waals surface area contributed by atoms with Crippen LogP contribution in [0.1, 0.15) is 149 Å². The van der Waals surface area contributed by atoms with E-state index in [-0.39, 0.29) is 92.5 Å². The number of hydrogen-bond donors (Lipinski definition) is 11. The van der Waals surface area contributed by atoms with Crippen molar-refractivity contribution in [3.05, 3.63) is 74.8 Å². The van der Waals surface area contributed by atoms with Gasteiger partial charge in [-0.1, -0.05) is 55.4 Å². The van der Waals surface area contributed by atoms with Crippen molar-refractivity contribution in [1.82, 2.24) is 0 Å². The van der Waals surface area contributed by atoms with Crippen molar-refractivity contribution in [2.45, 2.75) is 105 Å². The first-order chi connectivity index (χ1) is 25.7. The Morgan fingerprint density at radius 2 is 0.473 bits per heavy atom. The highest BCUT2D eigenvalue weighted by molar-refractivity contribution is 5.69. The van der Waals surface area contributed by atoms with Crippen LogP contribution in [0.4, 0.5) is 0 Å². The van der Waals surface area contributed by atoms with Gasteiger partial charge in [-0.15, -0.1) is 0 Å². The molecule has 0 radical (unpaired) electrons. The Morgan fingerprint density at radius 3 is 0.673 bits per heavy atom. The Hall–Kier alpha value is -5.32. The molecule has 298 valence electrons. The summed E-state index contributed by atoms with van der Waals surface area (Å²) in [5.41, 5.74) is 1.14. The number of phenolic OH excluding ortho intramolecular Hbond substituents is 11. The molecule has 8 bridgehead atoms. The summed E-state index contributed by atoms with van der Waals surface area (Å²) in [6, 6.07) is 7.26. The summed E-state index contributed by atoms with van der Waals surface area (Å²) in [6.07, 6.45) is 1.08. The SMILES string of the molecule is CC(C)CC1c2cc(c(O)cc2O)C(CC(C)C)c2cc(c(O)c(O)c2O)C(CC(C)C)c2cc(c(O)c(O)c2O)C(CC(C)C)c2cc1c(O)c(O)c2O. The Bertz CT molecular complexity index is 1940. The fourth-order valence-electron chi connectivity index (χ4n) is 8.40. The predicted octanol–water partition coefficient (Wildman–Crippen LogP) is 9.47. The van der Waals surface area contributed by atoms with Crippen molar-refractivity contribution in [3.63, 3.8) is 0 Å². The molecule has 11 N–H and O–H groups in total. The van der Waals surface area contributed by atoms with Crippen LogP contribution in [-0.2, 0) is 0 Å². The molecule has 0 saturated carbocycles. The molecule has 55 heavy (non-hydrogen) atoms. The smallest absolute Gasteiger partial charge is 0.200 e. The van der Waals surface area contributed by atoms with E-state index in [9.17, 15) is 56.2 Å². The normalized spacial score (nSPS) is 18.5. The van der Waals surface area contributed by atoms with Crippen LogP contribution in [0.3, 0.4) is 0 Å². The number of aromatic hydroxyl groups is 11. The van der Waals surface area contributed by atoms with Gasteiger partial charge in [-0.05, 0) is 73.6 Å². The van der Waals surface area contributed by atoms with E-state index < -0.39 is 75.4 Å². The quantitative estimate of drug-likeness (QED) is 0.0759. The fraction of sp³-hybridized carbons (Fsp3) is 0.455. The summed E-state index contributed by atoms with van der Waals surface area (Å²) >= 11 is 0. The van der Waals surface area contributed by atoms with Gasteiger partial charge in [0.05, 0.1) is 0 Å². The summed E-state index contributed by atoms with van der Waals surface area (Å²) < 4.78 is 0. The third-order valence-corrected chi connectivity index (χ3v) is 10.9. The second-order valence-corrected chi connectivity index (χ2v) is 17.0. The van der Waals surface area contributed by atoms with Gasteiger partial charge in [-0.2, -0.15) is 0 Å². The lowest BCUT2D eigenvalue weighted by molar-refractivity contribution is 0.347. The minimum Gasteiger partial charge on any atom is -0.508 e. The van der Waals surface area contributed by atoms with E-state index in [1.807, 2.05) is 55.4 Å². The van der Waals surface area contributed by atoms with E-state index in [0.717, 1.165) is 0 Å². The molecular formula is C44H56O11. The van der Waals surface area contributed by atoms with Crippen LogP contribution in [0.15, 0.2) is 30.3 Å². The summed E-state index contributed by atoms with van der Waals surface area (Å²) in [6.45, 7) is 15.4. The molecule has 0 fully saturated rings. The van der Waals surface area contributed by atoms with E-state index >= 15 is 0 Å². The van der Waals surface area contributed by atoms with Crippen LogP contribution in [0.5, 0.6) is 63.2 Å². The van der Waals surface area contributed by atoms with Crippen molar-refractivity contribution in [2.24, 2.45) is 23.7 Å². The van der Waals surface area contributed by atoms with Crippen molar-refractivity contribution in [3.8, 4) is 63.2 Å². The van der Waals surface area contributed by atoms with E-state index in [4.69, 9.17) is 0 Å². The molecule has 4 aromatic carbocycles. The van der Waals surface area contributed by atoms with Crippen molar-refractivity contribution < 1.29 is 56.2 Å². The standard InChI is InChI=1S/C44H56O11/c1-18(2)9-22-26-13-27(35(46)17-34(26)45)23(10-19(3)4)29-15-31(39(50)43(54)37(29)48)25(12-21(7)8)33-16-32(40(51)44(55)41(33)52)24(11-20(5)6)30-14-28(22)36(47)42(53)38(30)49/h13-25,45-55H,9-12H2,1-8H3. The number of fused-ring (bicyclic) bond motifs is 8. The highest BCUT2D eigenvalue weighted by atomic mass is 16.3. The third kappa shape index (κ3) is 7.53. The second kappa shape index (κ2) is 15.4. The van der Waals surface area contributed by atoms with Crippen LogP contribution in [0.2, 0.25) is 0 Å². The van der Waals surface area contributed by atoms with E-state index in [0.29, 0.717) is 12.8 Å². The van der Waals surface area contributed by atoms with Crippen LogP contribution in [-0.4, -0.2) is 56.2 Å². The molecule has 0 spiro atoms. The Labute approximate surface area is 322 Å². The molecule has 4 atom stereocenters. The number of benzene rings is 4. The molecule has 1 aliphatic rings. The molecule has 4 unspecified atom stereocenters. The van der Waals surface area contributed by atoms with Gasteiger partial charge in [-0.3, -0.25) is 0 Å². The minimum atomic E-state index is -0.959. The Kier molecular flexibility index (Phi) is 11.5. The second-order valence-electron chi connectivity index (χ2n) is 17.0. The zero-order valence-corrected chi connectivity index (χ0v) is 32.8. The first-order valence-electron chi connectivity index (χ1n) is 19.0. The molecule has 5 rings (SSSR count). The Balaban J connectivity index is 2.07. The maximum Gasteiger partial charge on any atom is 0.200 e. The molecule has 0 heterocycles. The lowest BCUT2D eigenvalue weighted by atomic mass is 9.74. The van der Waals surface area contributed by atoms with Gasteiger partial charge in [0.15, 0.2) is 34.5 Å². The molecule has 0 amide bonds. The zero-order valence-electron chi connectivity index (χ0n) is 32.8. The minimum absolute atomic E-state index is 0.0526. The summed E-state index contributed by atoms with van der Waals surface area (Å²) in [4.78, 5) is 0. The lowest BCUT2D eigenvalue weighted by Gasteiger charge is -2.31. The first-order valence-corrected chi connectivity index (χ1v) is 19.0. The molecule has 11 heteroatoms. The molecule has 11 nitrogen and oxygen atoms in total. The lowest BCUT2D eigenvalue weighted by Crippen LogP contribution is -2.14.